The molecule has 140 valence electrons. The lowest BCUT2D eigenvalue weighted by atomic mass is 9.87. The van der Waals surface area contributed by atoms with E-state index >= 15 is 0 Å². The summed E-state index contributed by atoms with van der Waals surface area (Å²) in [5.41, 5.74) is 1.31. The number of aliphatic hydroxyl groups is 1. The summed E-state index contributed by atoms with van der Waals surface area (Å²) in [4.78, 5) is 18.5. The van der Waals surface area contributed by atoms with Gasteiger partial charge in [-0.05, 0) is 37.5 Å². The quantitative estimate of drug-likeness (QED) is 0.723. The summed E-state index contributed by atoms with van der Waals surface area (Å²) in [7, 11) is 0. The van der Waals surface area contributed by atoms with Crippen LogP contribution in [0.3, 0.4) is 0 Å². The van der Waals surface area contributed by atoms with Crippen molar-refractivity contribution in [2.24, 2.45) is 0 Å². The van der Waals surface area contributed by atoms with Gasteiger partial charge in [-0.25, -0.2) is 0 Å². The van der Waals surface area contributed by atoms with Crippen molar-refractivity contribution in [2.45, 2.75) is 25.4 Å². The second-order valence-corrected chi connectivity index (χ2v) is 6.73. The molecule has 1 aliphatic heterocycles. The van der Waals surface area contributed by atoms with Crippen molar-refractivity contribution in [3.8, 4) is 5.88 Å². The lowest BCUT2D eigenvalue weighted by Crippen LogP contribution is -2.47. The number of pyridine rings is 1. The van der Waals surface area contributed by atoms with Gasteiger partial charge in [0, 0.05) is 25.4 Å². The summed E-state index contributed by atoms with van der Waals surface area (Å²) in [6.07, 6.45) is 4.10. The number of ether oxygens (including phenoxy) is 1. The molecule has 0 aromatic carbocycles. The fourth-order valence-electron chi connectivity index (χ4n) is 3.14. The Morgan fingerprint density at radius 1 is 1.26 bits per heavy atom. The molecule has 9 nitrogen and oxygen atoms in total. The number of rotatable bonds is 4. The van der Waals surface area contributed by atoms with Gasteiger partial charge in [-0.3, -0.25) is 9.78 Å². The minimum atomic E-state index is -0.994. The molecule has 1 saturated heterocycles. The Morgan fingerprint density at radius 2 is 2.07 bits per heavy atom. The van der Waals surface area contributed by atoms with Crippen LogP contribution in [0.2, 0.25) is 0 Å². The molecule has 9 heteroatoms. The van der Waals surface area contributed by atoms with Crippen LogP contribution in [0.15, 0.2) is 36.8 Å². The smallest absolute Gasteiger partial charge is 0.260 e. The third-order valence-corrected chi connectivity index (χ3v) is 4.81. The summed E-state index contributed by atoms with van der Waals surface area (Å²) in [5.74, 6) is 0.188. The van der Waals surface area contributed by atoms with Crippen LogP contribution in [0.25, 0.3) is 5.65 Å². The minimum Gasteiger partial charge on any atom is -0.467 e. The van der Waals surface area contributed by atoms with Crippen molar-refractivity contribution in [2.75, 3.05) is 19.7 Å². The molecule has 0 radical (unpaired) electrons. The molecule has 4 rings (SSSR count). The van der Waals surface area contributed by atoms with Gasteiger partial charge in [0.1, 0.15) is 11.9 Å². The van der Waals surface area contributed by atoms with E-state index in [4.69, 9.17) is 4.74 Å². The first-order chi connectivity index (χ1) is 13.0. The van der Waals surface area contributed by atoms with Gasteiger partial charge in [0.05, 0.1) is 5.69 Å². The van der Waals surface area contributed by atoms with E-state index in [0.717, 1.165) is 5.56 Å². The van der Waals surface area contributed by atoms with E-state index < -0.39 is 5.60 Å². The molecule has 0 unspecified atom stereocenters. The molecular weight excluding hydrogens is 348 g/mol. The highest BCUT2D eigenvalue weighted by Gasteiger charge is 2.36. The first kappa shape index (κ1) is 17.3. The van der Waals surface area contributed by atoms with Crippen molar-refractivity contribution < 1.29 is 14.6 Å². The molecule has 3 aromatic rings. The summed E-state index contributed by atoms with van der Waals surface area (Å²) in [6.45, 7) is 2.75. The second-order valence-electron chi connectivity index (χ2n) is 6.73. The predicted octanol–water partition coefficient (Wildman–Crippen LogP) is 0.717. The summed E-state index contributed by atoms with van der Waals surface area (Å²) < 4.78 is 6.98. The molecule has 0 bridgehead atoms. The van der Waals surface area contributed by atoms with Gasteiger partial charge in [-0.2, -0.15) is 4.52 Å². The van der Waals surface area contributed by atoms with Crippen LogP contribution in [0.5, 0.6) is 5.88 Å². The fourth-order valence-corrected chi connectivity index (χ4v) is 3.14. The van der Waals surface area contributed by atoms with Crippen LogP contribution in [0.1, 0.15) is 24.1 Å². The van der Waals surface area contributed by atoms with Crippen molar-refractivity contribution in [3.63, 3.8) is 0 Å². The maximum absolute atomic E-state index is 12.4. The van der Waals surface area contributed by atoms with Crippen LogP contribution in [-0.4, -0.2) is 60.4 Å². The summed E-state index contributed by atoms with van der Waals surface area (Å²) in [6, 6.07) is 7.15. The average Bonchev–Trinajstić information content (AvgIpc) is 3.15. The Hall–Kier alpha value is -3.07. The molecule has 1 N–H and O–H groups in total. The number of carbonyl (C=O) groups excluding carboxylic acids is 1. The van der Waals surface area contributed by atoms with Crippen LogP contribution in [-0.2, 0) is 10.4 Å². The molecule has 0 spiro atoms. The molecule has 1 fully saturated rings. The van der Waals surface area contributed by atoms with E-state index in [1.165, 1.54) is 10.8 Å². The Kier molecular flexibility index (Phi) is 4.44. The standard InChI is InChI=1S/C18H20N6O3/c1-13-2-3-14(19-10-13)18(26)6-8-23(9-7-18)17(25)11-27-16-5-4-15-21-20-12-24(15)22-16/h2-5,10,12,26H,6-9,11H2,1H3. The fraction of sp³-hybridized carbons (Fsp3) is 0.389. The largest absolute Gasteiger partial charge is 0.467 e. The van der Waals surface area contributed by atoms with Crippen LogP contribution in [0, 0.1) is 6.92 Å². The van der Waals surface area contributed by atoms with Crippen LogP contribution in [0.4, 0.5) is 0 Å². The van der Waals surface area contributed by atoms with Gasteiger partial charge in [-0.1, -0.05) is 6.07 Å². The predicted molar refractivity (Wildman–Crippen MR) is 95.0 cm³/mol. The number of aryl methyl sites for hydroxylation is 1. The molecule has 4 heterocycles. The number of amides is 1. The zero-order valence-corrected chi connectivity index (χ0v) is 14.9. The first-order valence-electron chi connectivity index (χ1n) is 8.77. The van der Waals surface area contributed by atoms with Gasteiger partial charge < -0.3 is 14.7 Å². The van der Waals surface area contributed by atoms with E-state index in [2.05, 4.69) is 20.3 Å². The molecule has 3 aromatic heterocycles. The molecule has 1 aliphatic rings. The SMILES string of the molecule is Cc1ccc(C2(O)CCN(C(=O)COc3ccc4nncn4n3)CC2)nc1. The number of likely N-dealkylation sites (tertiary alicyclic amines) is 1. The van der Waals surface area contributed by atoms with Gasteiger partial charge in [0.25, 0.3) is 5.91 Å². The number of nitrogens with zero attached hydrogens (tertiary/aromatic N) is 6. The summed E-state index contributed by atoms with van der Waals surface area (Å²) in [5, 5.41) is 22.6. The topological polar surface area (TPSA) is 106 Å². The molecule has 27 heavy (non-hydrogen) atoms. The Morgan fingerprint density at radius 3 is 2.81 bits per heavy atom. The number of fused-ring (bicyclic) bond motifs is 1. The molecular formula is C18H20N6O3. The first-order valence-corrected chi connectivity index (χ1v) is 8.77. The third-order valence-electron chi connectivity index (χ3n) is 4.81. The Balaban J connectivity index is 1.33. The van der Waals surface area contributed by atoms with Crippen molar-refractivity contribution in [3.05, 3.63) is 48.0 Å². The lowest BCUT2D eigenvalue weighted by molar-refractivity contribution is -0.138. The number of hydrogen-bond donors (Lipinski definition) is 1. The highest BCUT2D eigenvalue weighted by Crippen LogP contribution is 2.31. The Labute approximate surface area is 155 Å². The van der Waals surface area contributed by atoms with Gasteiger partial charge in [0.2, 0.25) is 5.88 Å². The second kappa shape index (κ2) is 6.92. The van der Waals surface area contributed by atoms with Gasteiger partial charge in [-0.15, -0.1) is 15.3 Å². The van der Waals surface area contributed by atoms with Crippen molar-refractivity contribution >= 4 is 11.6 Å². The monoisotopic (exact) mass is 368 g/mol. The Bertz CT molecular complexity index is 947. The summed E-state index contributed by atoms with van der Waals surface area (Å²) >= 11 is 0. The van der Waals surface area contributed by atoms with E-state index in [0.29, 0.717) is 43.2 Å². The number of hydrogen-bond acceptors (Lipinski definition) is 7. The van der Waals surface area contributed by atoms with E-state index in [1.807, 2.05) is 19.1 Å². The maximum atomic E-state index is 12.4. The lowest BCUT2D eigenvalue weighted by Gasteiger charge is -2.37. The number of piperidine rings is 1. The van der Waals surface area contributed by atoms with E-state index in [-0.39, 0.29) is 12.5 Å². The zero-order chi connectivity index (χ0) is 18.9. The van der Waals surface area contributed by atoms with Crippen molar-refractivity contribution in [1.82, 2.24) is 29.7 Å². The van der Waals surface area contributed by atoms with E-state index in [1.54, 1.807) is 23.2 Å². The molecule has 0 saturated carbocycles. The van der Waals surface area contributed by atoms with E-state index in [9.17, 15) is 9.90 Å². The number of carbonyl (C=O) groups is 1. The van der Waals surface area contributed by atoms with Crippen molar-refractivity contribution in [1.29, 1.82) is 0 Å². The zero-order valence-electron chi connectivity index (χ0n) is 14.9. The maximum Gasteiger partial charge on any atom is 0.260 e. The van der Waals surface area contributed by atoms with Gasteiger partial charge in [0.15, 0.2) is 12.3 Å². The molecule has 0 atom stereocenters. The van der Waals surface area contributed by atoms with Crippen LogP contribution >= 0.6 is 0 Å². The molecule has 1 amide bonds. The average molecular weight is 368 g/mol. The highest BCUT2D eigenvalue weighted by atomic mass is 16.5. The third kappa shape index (κ3) is 3.59. The normalized spacial score (nSPS) is 16.4. The molecule has 0 aliphatic carbocycles. The number of aromatic nitrogens is 5. The van der Waals surface area contributed by atoms with Gasteiger partial charge >= 0.3 is 0 Å². The highest BCUT2D eigenvalue weighted by molar-refractivity contribution is 5.77. The van der Waals surface area contributed by atoms with Crippen LogP contribution < -0.4 is 4.74 Å². The minimum absolute atomic E-state index is 0.109.